The summed E-state index contributed by atoms with van der Waals surface area (Å²) in [6.45, 7) is 3.89. The Balaban J connectivity index is 2.18. The van der Waals surface area contributed by atoms with Gasteiger partial charge in [-0.3, -0.25) is 0 Å². The lowest BCUT2D eigenvalue weighted by Gasteiger charge is -2.21. The van der Waals surface area contributed by atoms with Crippen LogP contribution in [0.15, 0.2) is 24.3 Å². The number of aliphatic carboxylic acids is 1. The molecule has 0 bridgehead atoms. The maximum absolute atomic E-state index is 11.1. The number of carboxylic acids is 1. The Morgan fingerprint density at radius 2 is 2.00 bits per heavy atom. The van der Waals surface area contributed by atoms with Crippen molar-refractivity contribution in [2.75, 3.05) is 7.11 Å². The minimum atomic E-state index is -0.997. The second kappa shape index (κ2) is 4.82. The van der Waals surface area contributed by atoms with Crippen molar-refractivity contribution in [3.63, 3.8) is 0 Å². The third-order valence-corrected chi connectivity index (χ3v) is 4.79. The number of thioether (sulfide) groups is 1. The van der Waals surface area contributed by atoms with Gasteiger partial charge in [0.05, 0.1) is 11.9 Å². The monoisotopic (exact) mass is 267 g/mol. The average Bonchev–Trinajstić information content (AvgIpc) is 2.65. The molecule has 0 unspecified atom stereocenters. The fourth-order valence-electron chi connectivity index (χ4n) is 2.18. The summed E-state index contributed by atoms with van der Waals surface area (Å²) in [5.74, 6) is -0.194. The van der Waals surface area contributed by atoms with Crippen LogP contribution >= 0.6 is 11.8 Å². The zero-order valence-electron chi connectivity index (χ0n) is 10.7. The van der Waals surface area contributed by atoms with E-state index in [0.29, 0.717) is 0 Å². The van der Waals surface area contributed by atoms with Gasteiger partial charge in [0.15, 0.2) is 5.37 Å². The molecule has 2 rings (SSSR count). The van der Waals surface area contributed by atoms with Crippen molar-refractivity contribution in [2.24, 2.45) is 0 Å². The quantitative estimate of drug-likeness (QED) is 0.830. The molecule has 2 atom stereocenters. The van der Waals surface area contributed by atoms with E-state index in [1.165, 1.54) is 0 Å². The first-order chi connectivity index (χ1) is 8.44. The Morgan fingerprint density at radius 3 is 2.44 bits per heavy atom. The summed E-state index contributed by atoms with van der Waals surface area (Å²) in [6.07, 6.45) is 0. The Bertz CT molecular complexity index is 444. The van der Waals surface area contributed by atoms with E-state index < -0.39 is 12.0 Å². The predicted molar refractivity (Wildman–Crippen MR) is 68.1 cm³/mol. The molecule has 1 aliphatic rings. The summed E-state index contributed by atoms with van der Waals surface area (Å²) >= 11 is 1.65. The lowest BCUT2D eigenvalue weighted by atomic mass is 10.0. The standard InChI is InChI=1S/C13H17NO3S/c1-13(2)10(12(15)16)14-11(18-13)8-4-6-9(17-3)7-5-8/h4-7,10-11,14H,1-3H3,(H,15,16)/t10-,11+/m0/s1. The highest BCUT2D eigenvalue weighted by Crippen LogP contribution is 2.40. The highest BCUT2D eigenvalue weighted by atomic mass is 32.2. The van der Waals surface area contributed by atoms with Crippen LogP contribution in [0.25, 0.3) is 0 Å². The van der Waals surface area contributed by atoms with E-state index in [1.54, 1.807) is 18.9 Å². The first-order valence-corrected chi connectivity index (χ1v) is 6.69. The number of carbonyl (C=O) groups excluding carboxylic acids is 1. The molecular weight excluding hydrogens is 250 g/mol. The summed E-state index contributed by atoms with van der Waals surface area (Å²) < 4.78 is 4.78. The topological polar surface area (TPSA) is 66.0 Å². The highest BCUT2D eigenvalue weighted by molar-refractivity contribution is 8.00. The maximum atomic E-state index is 11.1. The molecule has 1 fully saturated rings. The third kappa shape index (κ3) is 2.47. The number of ether oxygens (including phenoxy) is 1. The summed E-state index contributed by atoms with van der Waals surface area (Å²) in [5.41, 5.74) is 1.10. The van der Waals surface area contributed by atoms with E-state index in [2.05, 4.69) is 0 Å². The van der Waals surface area contributed by atoms with E-state index in [1.807, 2.05) is 43.4 Å². The smallest absolute Gasteiger partial charge is 0.160 e. The van der Waals surface area contributed by atoms with Crippen LogP contribution in [-0.4, -0.2) is 23.9 Å². The first kappa shape index (κ1) is 13.2. The van der Waals surface area contributed by atoms with Gasteiger partial charge < -0.3 is 20.0 Å². The van der Waals surface area contributed by atoms with Crippen molar-refractivity contribution in [1.82, 2.24) is 0 Å². The minimum Gasteiger partial charge on any atom is -0.544 e. The molecule has 1 heterocycles. The largest absolute Gasteiger partial charge is 0.544 e. The second-order valence-electron chi connectivity index (χ2n) is 4.90. The van der Waals surface area contributed by atoms with Gasteiger partial charge >= 0.3 is 0 Å². The summed E-state index contributed by atoms with van der Waals surface area (Å²) in [4.78, 5) is 11.1. The zero-order chi connectivity index (χ0) is 13.3. The number of methoxy groups -OCH3 is 1. The molecule has 0 amide bonds. The number of carbonyl (C=O) groups is 1. The van der Waals surface area contributed by atoms with E-state index in [-0.39, 0.29) is 10.1 Å². The van der Waals surface area contributed by atoms with Gasteiger partial charge in [-0.1, -0.05) is 11.8 Å². The lowest BCUT2D eigenvalue weighted by Crippen LogP contribution is -2.92. The predicted octanol–water partition coefficient (Wildman–Crippen LogP) is -0.0989. The number of quaternary nitrogens is 1. The SMILES string of the molecule is COc1ccc([C@@H]2[NH2+][C@@H](C(=O)[O-])C(C)(C)S2)cc1. The highest BCUT2D eigenvalue weighted by Gasteiger charge is 2.46. The van der Waals surface area contributed by atoms with Crippen molar-refractivity contribution < 1.29 is 20.0 Å². The van der Waals surface area contributed by atoms with Gasteiger partial charge in [0.1, 0.15) is 17.8 Å². The number of hydrogen-bond donors (Lipinski definition) is 1. The van der Waals surface area contributed by atoms with E-state index in [9.17, 15) is 9.90 Å². The molecule has 2 N–H and O–H groups in total. The van der Waals surface area contributed by atoms with Crippen molar-refractivity contribution >= 4 is 17.7 Å². The molecule has 1 aromatic rings. The molecule has 1 saturated heterocycles. The fourth-order valence-corrected chi connectivity index (χ4v) is 3.69. The Kier molecular flexibility index (Phi) is 3.54. The number of hydrogen-bond acceptors (Lipinski definition) is 4. The molecular formula is C13H17NO3S. The second-order valence-corrected chi connectivity index (χ2v) is 6.70. The van der Waals surface area contributed by atoms with Gasteiger partial charge in [-0.05, 0) is 38.1 Å². The maximum Gasteiger partial charge on any atom is 0.160 e. The first-order valence-electron chi connectivity index (χ1n) is 5.81. The normalized spacial score (nSPS) is 25.9. The van der Waals surface area contributed by atoms with Gasteiger partial charge in [0.2, 0.25) is 0 Å². The van der Waals surface area contributed by atoms with Crippen molar-refractivity contribution in [1.29, 1.82) is 0 Å². The molecule has 4 nitrogen and oxygen atoms in total. The molecule has 1 aromatic carbocycles. The number of nitrogens with two attached hydrogens (primary N) is 1. The minimum absolute atomic E-state index is 0.0915. The van der Waals surface area contributed by atoms with Crippen LogP contribution in [0.1, 0.15) is 24.8 Å². The van der Waals surface area contributed by atoms with Gasteiger partial charge in [-0.15, -0.1) is 0 Å². The van der Waals surface area contributed by atoms with Crippen LogP contribution in [0, 0.1) is 0 Å². The Hall–Kier alpha value is -1.20. The van der Waals surface area contributed by atoms with Crippen molar-refractivity contribution in [3.8, 4) is 5.75 Å². The van der Waals surface area contributed by atoms with Gasteiger partial charge in [-0.25, -0.2) is 0 Å². The van der Waals surface area contributed by atoms with Crippen LogP contribution in [0.2, 0.25) is 0 Å². The molecule has 0 aliphatic carbocycles. The average molecular weight is 267 g/mol. The molecule has 5 heteroatoms. The molecule has 18 heavy (non-hydrogen) atoms. The number of benzene rings is 1. The van der Waals surface area contributed by atoms with E-state index in [4.69, 9.17) is 4.74 Å². The number of carboxylic acid groups (broad SMARTS) is 1. The molecule has 0 aromatic heterocycles. The van der Waals surface area contributed by atoms with Crippen LogP contribution in [-0.2, 0) is 4.79 Å². The summed E-state index contributed by atoms with van der Waals surface area (Å²) in [5, 5.41) is 13.1. The van der Waals surface area contributed by atoms with Crippen LogP contribution in [0.4, 0.5) is 0 Å². The van der Waals surface area contributed by atoms with Gasteiger partial charge in [-0.2, -0.15) is 0 Å². The molecule has 0 saturated carbocycles. The van der Waals surface area contributed by atoms with E-state index >= 15 is 0 Å². The third-order valence-electron chi connectivity index (χ3n) is 3.25. The summed E-state index contributed by atoms with van der Waals surface area (Å²) in [7, 11) is 1.63. The van der Waals surface area contributed by atoms with Gasteiger partial charge in [0, 0.05) is 5.56 Å². The van der Waals surface area contributed by atoms with Gasteiger partial charge in [0.25, 0.3) is 0 Å². The zero-order valence-corrected chi connectivity index (χ0v) is 11.5. The van der Waals surface area contributed by atoms with Crippen LogP contribution in [0.5, 0.6) is 5.75 Å². The summed E-state index contributed by atoms with van der Waals surface area (Å²) in [6, 6.07) is 7.21. The lowest BCUT2D eigenvalue weighted by molar-refractivity contribution is -0.695. The number of rotatable bonds is 3. The fraction of sp³-hybridized carbons (Fsp3) is 0.462. The molecule has 98 valence electrons. The van der Waals surface area contributed by atoms with Crippen LogP contribution < -0.4 is 15.2 Å². The molecule has 0 radical (unpaired) electrons. The van der Waals surface area contributed by atoms with Crippen LogP contribution in [0.3, 0.4) is 0 Å². The Morgan fingerprint density at radius 1 is 1.39 bits per heavy atom. The van der Waals surface area contributed by atoms with E-state index in [0.717, 1.165) is 11.3 Å². The molecule has 0 spiro atoms. The van der Waals surface area contributed by atoms with Crippen molar-refractivity contribution in [2.45, 2.75) is 30.0 Å². The van der Waals surface area contributed by atoms with Crippen molar-refractivity contribution in [3.05, 3.63) is 29.8 Å². The Labute approximate surface area is 111 Å². The molecule has 1 aliphatic heterocycles.